The predicted molar refractivity (Wildman–Crippen MR) is 169 cm³/mol. The van der Waals surface area contributed by atoms with Gasteiger partial charge in [-0.3, -0.25) is 4.40 Å². The van der Waals surface area contributed by atoms with E-state index in [0.717, 1.165) is 61.3 Å². The number of furan rings is 1. The Labute approximate surface area is 263 Å². The smallest absolute Gasteiger partial charge is 0.138 e. The maximum Gasteiger partial charge on any atom is 0.138 e. The predicted octanol–water partition coefficient (Wildman–Crippen LogP) is 9.03. The summed E-state index contributed by atoms with van der Waals surface area (Å²) < 4.78 is 8.49. The van der Waals surface area contributed by atoms with Crippen LogP contribution in [0.15, 0.2) is 102 Å². The number of aromatic nitrogens is 4. The van der Waals surface area contributed by atoms with Crippen LogP contribution in [0.2, 0.25) is 0 Å². The molecule has 0 N–H and O–H groups in total. The van der Waals surface area contributed by atoms with E-state index in [-0.39, 0.29) is 20.1 Å². The number of rotatable bonds is 2. The monoisotopic (exact) mass is 737 g/mol. The zero-order valence-electron chi connectivity index (χ0n) is 24.3. The molecule has 0 fully saturated rings. The van der Waals surface area contributed by atoms with Gasteiger partial charge in [-0.1, -0.05) is 41.0 Å². The number of nitrogens with zero attached hydrogens (tertiary/aromatic N) is 4. The molecule has 0 bridgehead atoms. The van der Waals surface area contributed by atoms with Gasteiger partial charge in [0.25, 0.3) is 0 Å². The van der Waals surface area contributed by atoms with Gasteiger partial charge >= 0.3 is 0 Å². The number of imidazole rings is 1. The molecule has 6 heteroatoms. The third-order valence-corrected chi connectivity index (χ3v) is 7.83. The Hall–Kier alpha value is -4.64. The number of para-hydroxylation sites is 2. The molecule has 0 aliphatic heterocycles. The standard InChI is InChI=1S/C24H16N3O.C13H12N.Ir/c1-14-12-19(25-13-15(14)2)16-6-5-7-17-23-21(28-24(16)17)10-11-22-26-18-8-3-4-9-20(18)27(22)23;1-10-8-13(14-9-11(10)2)12-6-4-3-5-7-12;/h3-5,7-13H,1-2H3;3-6,8-9H,1-2H3;/q2*-1;. The third-order valence-electron chi connectivity index (χ3n) is 7.83. The van der Waals surface area contributed by atoms with Gasteiger partial charge in [-0.15, -0.1) is 54.1 Å². The van der Waals surface area contributed by atoms with E-state index in [1.807, 2.05) is 73.1 Å². The van der Waals surface area contributed by atoms with Gasteiger partial charge in [0, 0.05) is 32.5 Å². The molecule has 0 atom stereocenters. The Morgan fingerprint density at radius 3 is 2.16 bits per heavy atom. The summed E-state index contributed by atoms with van der Waals surface area (Å²) in [6.07, 6.45) is 3.81. The average molecular weight is 737 g/mol. The van der Waals surface area contributed by atoms with E-state index in [1.54, 1.807) is 0 Å². The Morgan fingerprint density at radius 2 is 1.42 bits per heavy atom. The second kappa shape index (κ2) is 11.6. The molecule has 0 aliphatic carbocycles. The van der Waals surface area contributed by atoms with Crippen molar-refractivity contribution in [3.8, 4) is 22.5 Å². The summed E-state index contributed by atoms with van der Waals surface area (Å²) in [5.41, 5.74) is 14.3. The molecule has 0 unspecified atom stereocenters. The number of fused-ring (bicyclic) bond motifs is 7. The summed E-state index contributed by atoms with van der Waals surface area (Å²) in [5.74, 6) is 0. The van der Waals surface area contributed by atoms with Gasteiger partial charge in [-0.05, 0) is 79.9 Å². The van der Waals surface area contributed by atoms with Crippen molar-refractivity contribution in [1.82, 2.24) is 19.4 Å². The van der Waals surface area contributed by atoms with Gasteiger partial charge in [0.05, 0.1) is 22.1 Å². The molecule has 8 rings (SSSR count). The minimum atomic E-state index is 0. The fraction of sp³-hybridized carbons (Fsp3) is 0.108. The van der Waals surface area contributed by atoms with Crippen LogP contribution >= 0.6 is 0 Å². The Bertz CT molecular complexity index is 2250. The second-order valence-corrected chi connectivity index (χ2v) is 10.6. The average Bonchev–Trinajstić information content (AvgIpc) is 3.59. The van der Waals surface area contributed by atoms with Crippen LogP contribution < -0.4 is 0 Å². The van der Waals surface area contributed by atoms with E-state index < -0.39 is 0 Å². The summed E-state index contributed by atoms with van der Waals surface area (Å²) in [6, 6.07) is 34.8. The Kier molecular flexibility index (Phi) is 7.66. The molecule has 0 amide bonds. The minimum absolute atomic E-state index is 0. The minimum Gasteiger partial charge on any atom is -0.499 e. The van der Waals surface area contributed by atoms with Crippen molar-refractivity contribution in [1.29, 1.82) is 0 Å². The molecular formula is C37H28IrN4O-2. The summed E-state index contributed by atoms with van der Waals surface area (Å²) in [7, 11) is 0. The Morgan fingerprint density at radius 1 is 0.698 bits per heavy atom. The van der Waals surface area contributed by atoms with Crippen LogP contribution in [0.25, 0.3) is 61.3 Å². The van der Waals surface area contributed by atoms with E-state index in [0.29, 0.717) is 0 Å². The van der Waals surface area contributed by atoms with Gasteiger partial charge in [0.2, 0.25) is 0 Å². The first-order valence-corrected chi connectivity index (χ1v) is 13.9. The topological polar surface area (TPSA) is 56.2 Å². The number of hydrogen-bond acceptors (Lipinski definition) is 4. The maximum absolute atomic E-state index is 6.31. The first-order valence-electron chi connectivity index (χ1n) is 13.9. The molecule has 0 spiro atoms. The van der Waals surface area contributed by atoms with Crippen molar-refractivity contribution in [2.75, 3.05) is 0 Å². The molecule has 3 aromatic carbocycles. The molecule has 43 heavy (non-hydrogen) atoms. The van der Waals surface area contributed by atoms with E-state index in [9.17, 15) is 0 Å². The van der Waals surface area contributed by atoms with Crippen molar-refractivity contribution in [2.24, 2.45) is 0 Å². The summed E-state index contributed by atoms with van der Waals surface area (Å²) in [6.45, 7) is 8.34. The molecule has 5 aromatic heterocycles. The fourth-order valence-corrected chi connectivity index (χ4v) is 5.23. The number of aryl methyl sites for hydroxylation is 4. The SMILES string of the molecule is Cc1cnc(-c2[c-]ccc3c2oc2ccc4nc5ccccc5n4c23)cc1C.Cc1cnc(-c2[c-]cccc2)cc1C.[Ir]. The van der Waals surface area contributed by atoms with E-state index >= 15 is 0 Å². The first kappa shape index (κ1) is 28.5. The normalized spacial score (nSPS) is 11.1. The van der Waals surface area contributed by atoms with Crippen molar-refractivity contribution in [2.45, 2.75) is 27.7 Å². The van der Waals surface area contributed by atoms with E-state index in [2.05, 4.69) is 78.5 Å². The number of pyridine rings is 3. The molecule has 213 valence electrons. The van der Waals surface area contributed by atoms with Crippen molar-refractivity contribution < 1.29 is 24.5 Å². The summed E-state index contributed by atoms with van der Waals surface area (Å²) >= 11 is 0. The van der Waals surface area contributed by atoms with Crippen molar-refractivity contribution in [3.63, 3.8) is 0 Å². The first-order chi connectivity index (χ1) is 20.5. The largest absolute Gasteiger partial charge is 0.499 e. The third kappa shape index (κ3) is 5.14. The Balaban J connectivity index is 0.000000186. The zero-order valence-corrected chi connectivity index (χ0v) is 26.7. The molecule has 0 saturated carbocycles. The maximum atomic E-state index is 6.31. The molecule has 1 radical (unpaired) electrons. The van der Waals surface area contributed by atoms with Gasteiger partial charge in [-0.2, -0.15) is 0 Å². The quantitative estimate of drug-likeness (QED) is 0.166. The second-order valence-electron chi connectivity index (χ2n) is 10.6. The van der Waals surface area contributed by atoms with E-state index in [1.165, 1.54) is 22.3 Å². The van der Waals surface area contributed by atoms with Crippen LogP contribution in [0, 0.1) is 39.8 Å². The van der Waals surface area contributed by atoms with Crippen LogP contribution in [0.3, 0.4) is 0 Å². The summed E-state index contributed by atoms with van der Waals surface area (Å²) in [4.78, 5) is 13.8. The van der Waals surface area contributed by atoms with Gasteiger partial charge < -0.3 is 14.4 Å². The summed E-state index contributed by atoms with van der Waals surface area (Å²) in [5, 5.41) is 1.04. The molecule has 5 nitrogen and oxygen atoms in total. The van der Waals surface area contributed by atoms with E-state index in [4.69, 9.17) is 9.40 Å². The van der Waals surface area contributed by atoms with Crippen molar-refractivity contribution in [3.05, 3.63) is 132 Å². The zero-order chi connectivity index (χ0) is 28.8. The van der Waals surface area contributed by atoms with Crippen LogP contribution in [-0.2, 0) is 20.1 Å². The number of hydrogen-bond donors (Lipinski definition) is 0. The molecular weight excluding hydrogens is 709 g/mol. The van der Waals surface area contributed by atoms with Gasteiger partial charge in [-0.25, -0.2) is 4.98 Å². The molecule has 5 heterocycles. The molecule has 0 saturated heterocycles. The number of benzene rings is 3. The molecule has 8 aromatic rings. The van der Waals surface area contributed by atoms with Gasteiger partial charge in [0.15, 0.2) is 0 Å². The van der Waals surface area contributed by atoms with Crippen LogP contribution in [0.4, 0.5) is 0 Å². The van der Waals surface area contributed by atoms with Crippen molar-refractivity contribution >= 4 is 38.7 Å². The fourth-order valence-electron chi connectivity index (χ4n) is 5.23. The van der Waals surface area contributed by atoms with Gasteiger partial charge in [0.1, 0.15) is 11.2 Å². The molecule has 0 aliphatic rings. The van der Waals surface area contributed by atoms with Crippen LogP contribution in [0.1, 0.15) is 22.3 Å². The van der Waals surface area contributed by atoms with Crippen LogP contribution in [-0.4, -0.2) is 19.4 Å². The van der Waals surface area contributed by atoms with Crippen LogP contribution in [0.5, 0.6) is 0 Å².